The van der Waals surface area contributed by atoms with Gasteiger partial charge in [0.25, 0.3) is 0 Å². The van der Waals surface area contributed by atoms with E-state index in [4.69, 9.17) is 10.5 Å². The Morgan fingerprint density at radius 3 is 2.58 bits per heavy atom. The highest BCUT2D eigenvalue weighted by Gasteiger charge is 2.08. The molecule has 0 unspecified atom stereocenters. The maximum absolute atomic E-state index is 5.85. The van der Waals surface area contributed by atoms with Crippen molar-refractivity contribution in [2.75, 3.05) is 18.2 Å². The minimum absolute atomic E-state index is 0.212. The Morgan fingerprint density at radius 1 is 1.00 bits per heavy atom. The minimum atomic E-state index is 0.212. The van der Waals surface area contributed by atoms with Gasteiger partial charge in [-0.25, -0.2) is 0 Å². The quantitative estimate of drug-likeness (QED) is 0.654. The number of hydrogen-bond acceptors (Lipinski definition) is 7. The van der Waals surface area contributed by atoms with Gasteiger partial charge in [0.15, 0.2) is 0 Å². The third-order valence-corrected chi connectivity index (χ3v) is 4.75. The number of benzene rings is 2. The van der Waals surface area contributed by atoms with E-state index in [1.165, 1.54) is 0 Å². The van der Waals surface area contributed by atoms with Crippen LogP contribution < -0.4 is 15.8 Å². The van der Waals surface area contributed by atoms with Gasteiger partial charge in [0.1, 0.15) is 11.6 Å². The van der Waals surface area contributed by atoms with Crippen molar-refractivity contribution in [3.8, 4) is 5.75 Å². The zero-order chi connectivity index (χ0) is 18.4. The van der Waals surface area contributed by atoms with Gasteiger partial charge in [0.2, 0.25) is 11.9 Å². The third-order valence-electron chi connectivity index (χ3n) is 3.77. The molecule has 0 spiro atoms. The Bertz CT molecular complexity index is 887. The highest BCUT2D eigenvalue weighted by Crippen LogP contribution is 2.25. The molecule has 0 radical (unpaired) electrons. The highest BCUT2D eigenvalue weighted by atomic mass is 32.2. The maximum Gasteiger partial charge on any atom is 0.232 e. The Morgan fingerprint density at radius 2 is 1.77 bits per heavy atom. The summed E-state index contributed by atoms with van der Waals surface area (Å²) >= 11 is 1.70. The number of methoxy groups -OCH3 is 1. The topological polar surface area (TPSA) is 86.0 Å². The first-order valence-electron chi connectivity index (χ1n) is 8.18. The zero-order valence-corrected chi connectivity index (χ0v) is 15.6. The second-order valence-electron chi connectivity index (χ2n) is 5.68. The number of nitrogens with one attached hydrogen (secondary N) is 1. The SMILES string of the molecule is COc1ccccc1CSCc1nc(N)nc(Nc2ccccc2C)n1. The standard InChI is InChI=1S/C19H21N5OS/c1-13-7-3-5-9-15(13)21-19-23-17(22-18(20)24-19)12-26-11-14-8-4-6-10-16(14)25-2/h3-10H,11-12H2,1-2H3,(H3,20,21,22,23,24). The molecule has 2 aromatic carbocycles. The van der Waals surface area contributed by atoms with E-state index in [1.807, 2.05) is 49.4 Å². The van der Waals surface area contributed by atoms with Crippen LogP contribution in [0.15, 0.2) is 48.5 Å². The van der Waals surface area contributed by atoms with Crippen LogP contribution in [-0.2, 0) is 11.5 Å². The van der Waals surface area contributed by atoms with Crippen LogP contribution in [0.5, 0.6) is 5.75 Å². The molecule has 7 heteroatoms. The lowest BCUT2D eigenvalue weighted by Gasteiger charge is -2.10. The van der Waals surface area contributed by atoms with E-state index in [9.17, 15) is 0 Å². The molecule has 1 heterocycles. The number of anilines is 3. The van der Waals surface area contributed by atoms with E-state index in [0.717, 1.165) is 28.3 Å². The number of nitrogens with two attached hydrogens (primary N) is 1. The molecule has 0 saturated carbocycles. The van der Waals surface area contributed by atoms with Gasteiger partial charge in [0, 0.05) is 17.0 Å². The molecule has 134 valence electrons. The highest BCUT2D eigenvalue weighted by molar-refractivity contribution is 7.97. The lowest BCUT2D eigenvalue weighted by molar-refractivity contribution is 0.411. The van der Waals surface area contributed by atoms with Crippen molar-refractivity contribution in [1.82, 2.24) is 15.0 Å². The number of ether oxygens (including phenoxy) is 1. The number of rotatable bonds is 7. The smallest absolute Gasteiger partial charge is 0.232 e. The van der Waals surface area contributed by atoms with E-state index >= 15 is 0 Å². The van der Waals surface area contributed by atoms with Crippen molar-refractivity contribution in [1.29, 1.82) is 0 Å². The van der Waals surface area contributed by atoms with Crippen LogP contribution in [0.2, 0.25) is 0 Å². The lowest BCUT2D eigenvalue weighted by atomic mass is 10.2. The first-order chi connectivity index (χ1) is 12.7. The maximum atomic E-state index is 5.85. The first kappa shape index (κ1) is 18.0. The summed E-state index contributed by atoms with van der Waals surface area (Å²) < 4.78 is 5.38. The molecule has 6 nitrogen and oxygen atoms in total. The zero-order valence-electron chi connectivity index (χ0n) is 14.8. The number of nitrogen functional groups attached to an aromatic ring is 1. The number of nitrogens with zero attached hydrogens (tertiary/aromatic N) is 3. The van der Waals surface area contributed by atoms with Crippen LogP contribution in [0.1, 0.15) is 17.0 Å². The molecular formula is C19H21N5OS. The summed E-state index contributed by atoms with van der Waals surface area (Å²) in [5.74, 6) is 3.64. The van der Waals surface area contributed by atoms with Crippen LogP contribution in [0.3, 0.4) is 0 Å². The molecule has 3 rings (SSSR count). The van der Waals surface area contributed by atoms with Gasteiger partial charge < -0.3 is 15.8 Å². The predicted octanol–water partition coefficient (Wildman–Crippen LogP) is 3.95. The minimum Gasteiger partial charge on any atom is -0.496 e. The second-order valence-corrected chi connectivity index (χ2v) is 6.66. The molecule has 0 amide bonds. The van der Waals surface area contributed by atoms with Crippen LogP contribution in [-0.4, -0.2) is 22.1 Å². The van der Waals surface area contributed by atoms with E-state index in [0.29, 0.717) is 17.5 Å². The molecule has 1 aromatic heterocycles. The van der Waals surface area contributed by atoms with Crippen LogP contribution in [0.4, 0.5) is 17.6 Å². The summed E-state index contributed by atoms with van der Waals surface area (Å²) in [5, 5.41) is 3.21. The molecule has 0 aliphatic carbocycles. The van der Waals surface area contributed by atoms with Crippen LogP contribution in [0.25, 0.3) is 0 Å². The van der Waals surface area contributed by atoms with Gasteiger partial charge in [-0.1, -0.05) is 36.4 Å². The third kappa shape index (κ3) is 4.64. The van der Waals surface area contributed by atoms with E-state index in [-0.39, 0.29) is 5.95 Å². The molecule has 0 atom stereocenters. The fourth-order valence-electron chi connectivity index (χ4n) is 2.47. The Hall–Kier alpha value is -2.80. The van der Waals surface area contributed by atoms with Crippen molar-refractivity contribution >= 4 is 29.3 Å². The van der Waals surface area contributed by atoms with E-state index in [1.54, 1.807) is 18.9 Å². The average molecular weight is 367 g/mol. The molecule has 0 fully saturated rings. The van der Waals surface area contributed by atoms with Gasteiger partial charge in [-0.05, 0) is 24.6 Å². The van der Waals surface area contributed by atoms with Gasteiger partial charge in [-0.2, -0.15) is 15.0 Å². The summed E-state index contributed by atoms with van der Waals surface area (Å²) in [4.78, 5) is 12.9. The van der Waals surface area contributed by atoms with Crippen LogP contribution >= 0.6 is 11.8 Å². The predicted molar refractivity (Wildman–Crippen MR) is 107 cm³/mol. The van der Waals surface area contributed by atoms with E-state index < -0.39 is 0 Å². The van der Waals surface area contributed by atoms with Crippen LogP contribution in [0, 0.1) is 6.92 Å². The summed E-state index contributed by atoms with van der Waals surface area (Å²) in [5.41, 5.74) is 9.05. The second kappa shape index (κ2) is 8.53. The Labute approximate surface area is 157 Å². The average Bonchev–Trinajstić information content (AvgIpc) is 2.64. The molecule has 0 aliphatic heterocycles. The molecule has 0 saturated heterocycles. The van der Waals surface area contributed by atoms with Gasteiger partial charge in [0.05, 0.1) is 12.9 Å². The summed E-state index contributed by atoms with van der Waals surface area (Å²) in [7, 11) is 1.68. The Kier molecular flexibility index (Phi) is 5.91. The van der Waals surface area contributed by atoms with Gasteiger partial charge >= 0.3 is 0 Å². The summed E-state index contributed by atoms with van der Waals surface area (Å²) in [6.45, 7) is 2.02. The van der Waals surface area contributed by atoms with Crippen molar-refractivity contribution in [3.05, 3.63) is 65.5 Å². The van der Waals surface area contributed by atoms with Crippen molar-refractivity contribution < 1.29 is 4.74 Å². The molecule has 0 bridgehead atoms. The lowest BCUT2D eigenvalue weighted by Crippen LogP contribution is -2.07. The molecule has 0 aliphatic rings. The molecule has 3 N–H and O–H groups in total. The summed E-state index contributed by atoms with van der Waals surface area (Å²) in [6, 6.07) is 15.9. The van der Waals surface area contributed by atoms with E-state index in [2.05, 4.69) is 26.3 Å². The van der Waals surface area contributed by atoms with Gasteiger partial charge in [-0.3, -0.25) is 0 Å². The number of hydrogen-bond donors (Lipinski definition) is 2. The molecular weight excluding hydrogens is 346 g/mol. The molecule has 26 heavy (non-hydrogen) atoms. The Balaban J connectivity index is 1.67. The van der Waals surface area contributed by atoms with Crippen molar-refractivity contribution in [2.45, 2.75) is 18.4 Å². The number of aryl methyl sites for hydroxylation is 1. The number of thioether (sulfide) groups is 1. The fourth-order valence-corrected chi connectivity index (χ4v) is 3.34. The fraction of sp³-hybridized carbons (Fsp3) is 0.211. The largest absolute Gasteiger partial charge is 0.496 e. The monoisotopic (exact) mass is 367 g/mol. The number of para-hydroxylation sites is 2. The first-order valence-corrected chi connectivity index (χ1v) is 9.34. The summed E-state index contributed by atoms with van der Waals surface area (Å²) in [6.07, 6.45) is 0. The van der Waals surface area contributed by atoms with Gasteiger partial charge in [-0.15, -0.1) is 11.8 Å². The van der Waals surface area contributed by atoms with Crippen molar-refractivity contribution in [3.63, 3.8) is 0 Å². The number of aromatic nitrogens is 3. The van der Waals surface area contributed by atoms with Crippen molar-refractivity contribution in [2.24, 2.45) is 0 Å². The normalized spacial score (nSPS) is 10.5. The molecule has 3 aromatic rings.